The van der Waals surface area contributed by atoms with Gasteiger partial charge < -0.3 is 9.47 Å². The number of hydrazone groups is 1. The van der Waals surface area contributed by atoms with Crippen LogP contribution < -0.4 is 14.9 Å². The van der Waals surface area contributed by atoms with Crippen molar-refractivity contribution in [1.29, 1.82) is 0 Å². The van der Waals surface area contributed by atoms with E-state index in [1.165, 1.54) is 31.7 Å². The molecular weight excluding hydrogens is 340 g/mol. The summed E-state index contributed by atoms with van der Waals surface area (Å²) in [6.07, 6.45) is 4.93. The van der Waals surface area contributed by atoms with Crippen molar-refractivity contribution in [2.75, 3.05) is 13.7 Å². The van der Waals surface area contributed by atoms with Gasteiger partial charge in [0.05, 0.1) is 30.4 Å². The molecule has 0 radical (unpaired) electrons. The zero-order valence-electron chi connectivity index (χ0n) is 14.3. The predicted octanol–water partition coefficient (Wildman–Crippen LogP) is 2.55. The van der Waals surface area contributed by atoms with Crippen LogP contribution in [0.3, 0.4) is 0 Å². The average Bonchev–Trinajstić information content (AvgIpc) is 2.66. The summed E-state index contributed by atoms with van der Waals surface area (Å²) in [4.78, 5) is 26.5. The maximum atomic E-state index is 11.9. The van der Waals surface area contributed by atoms with Gasteiger partial charge in [0.2, 0.25) is 5.75 Å². The van der Waals surface area contributed by atoms with Gasteiger partial charge in [0.25, 0.3) is 5.91 Å². The number of ether oxygens (including phenoxy) is 2. The van der Waals surface area contributed by atoms with Crippen molar-refractivity contribution in [3.63, 3.8) is 0 Å². The molecule has 0 unspecified atom stereocenters. The minimum Gasteiger partial charge on any atom is -0.493 e. The van der Waals surface area contributed by atoms with Crippen LogP contribution in [0, 0.1) is 10.1 Å². The Kier molecular flexibility index (Phi) is 6.60. The largest absolute Gasteiger partial charge is 0.493 e. The maximum absolute atomic E-state index is 11.9. The number of carbonyl (C=O) groups excluding carboxylic acids is 1. The monoisotopic (exact) mass is 358 g/mol. The molecule has 136 valence electrons. The van der Waals surface area contributed by atoms with Crippen LogP contribution in [0.25, 0.3) is 0 Å². The quantitative estimate of drug-likeness (QED) is 0.440. The van der Waals surface area contributed by atoms with E-state index in [9.17, 15) is 14.9 Å². The Morgan fingerprint density at radius 3 is 2.88 bits per heavy atom. The highest BCUT2D eigenvalue weighted by atomic mass is 16.6. The van der Waals surface area contributed by atoms with Crippen molar-refractivity contribution in [2.24, 2.45) is 5.10 Å². The number of carbonyl (C=O) groups is 1. The summed E-state index contributed by atoms with van der Waals surface area (Å²) in [7, 11) is 1.39. The lowest BCUT2D eigenvalue weighted by atomic mass is 10.2. The second kappa shape index (κ2) is 9.11. The lowest BCUT2D eigenvalue weighted by Crippen LogP contribution is -2.17. The fourth-order valence-corrected chi connectivity index (χ4v) is 2.05. The number of hydrogen-bond acceptors (Lipinski definition) is 7. The van der Waals surface area contributed by atoms with Gasteiger partial charge >= 0.3 is 5.69 Å². The summed E-state index contributed by atoms with van der Waals surface area (Å²) in [6.45, 7) is 2.22. The first-order chi connectivity index (χ1) is 12.6. The van der Waals surface area contributed by atoms with E-state index in [-0.39, 0.29) is 17.2 Å². The SMILES string of the molecule is CCCOc1c(OC)cc(/C=N\NC(=O)c2cccnc2)cc1[N+](=O)[O-]. The number of nitro groups is 1. The Morgan fingerprint density at radius 1 is 1.46 bits per heavy atom. The molecule has 1 heterocycles. The summed E-state index contributed by atoms with van der Waals surface area (Å²) < 4.78 is 10.6. The molecule has 9 heteroatoms. The number of benzene rings is 1. The van der Waals surface area contributed by atoms with Gasteiger partial charge in [-0.2, -0.15) is 5.10 Å². The lowest BCUT2D eigenvalue weighted by Gasteiger charge is -2.11. The topological polar surface area (TPSA) is 116 Å². The van der Waals surface area contributed by atoms with Crippen molar-refractivity contribution >= 4 is 17.8 Å². The van der Waals surface area contributed by atoms with Crippen LogP contribution in [0.1, 0.15) is 29.3 Å². The van der Waals surface area contributed by atoms with Crippen LogP contribution in [-0.4, -0.2) is 35.7 Å². The number of rotatable bonds is 8. The molecule has 0 aliphatic rings. The highest BCUT2D eigenvalue weighted by Gasteiger charge is 2.21. The molecule has 0 saturated carbocycles. The molecule has 26 heavy (non-hydrogen) atoms. The number of nitrogens with one attached hydrogen (secondary N) is 1. The van der Waals surface area contributed by atoms with Crippen molar-refractivity contribution < 1.29 is 19.2 Å². The summed E-state index contributed by atoms with van der Waals surface area (Å²) in [5.74, 6) is -0.165. The van der Waals surface area contributed by atoms with Gasteiger partial charge in [-0.1, -0.05) is 6.92 Å². The van der Waals surface area contributed by atoms with E-state index < -0.39 is 10.8 Å². The first-order valence-corrected chi connectivity index (χ1v) is 7.79. The average molecular weight is 358 g/mol. The number of amides is 1. The second-order valence-electron chi connectivity index (χ2n) is 5.12. The molecule has 1 aromatic carbocycles. The summed E-state index contributed by atoms with van der Waals surface area (Å²) >= 11 is 0. The number of nitro benzene ring substituents is 1. The van der Waals surface area contributed by atoms with E-state index in [0.717, 1.165) is 0 Å². The minimum absolute atomic E-state index is 0.0656. The molecule has 2 rings (SSSR count). The van der Waals surface area contributed by atoms with Crippen molar-refractivity contribution in [3.8, 4) is 11.5 Å². The van der Waals surface area contributed by atoms with Gasteiger partial charge in [-0.15, -0.1) is 0 Å². The molecule has 0 atom stereocenters. The molecule has 0 aliphatic carbocycles. The normalized spacial score (nSPS) is 10.5. The number of nitrogens with zero attached hydrogens (tertiary/aromatic N) is 3. The molecule has 1 amide bonds. The Bertz CT molecular complexity index is 808. The number of pyridine rings is 1. The molecule has 2 aromatic rings. The van der Waals surface area contributed by atoms with E-state index in [1.54, 1.807) is 18.3 Å². The van der Waals surface area contributed by atoms with E-state index in [1.807, 2.05) is 6.92 Å². The maximum Gasteiger partial charge on any atom is 0.315 e. The second-order valence-corrected chi connectivity index (χ2v) is 5.12. The minimum atomic E-state index is -0.556. The molecule has 1 N–H and O–H groups in total. The van der Waals surface area contributed by atoms with Crippen molar-refractivity contribution in [1.82, 2.24) is 10.4 Å². The zero-order chi connectivity index (χ0) is 18.9. The smallest absolute Gasteiger partial charge is 0.315 e. The highest BCUT2D eigenvalue weighted by Crippen LogP contribution is 2.38. The molecule has 0 spiro atoms. The van der Waals surface area contributed by atoms with Crippen LogP contribution in [0.4, 0.5) is 5.69 Å². The Labute approximate surface area is 149 Å². The molecule has 1 aromatic heterocycles. The van der Waals surface area contributed by atoms with Crippen LogP contribution in [0.5, 0.6) is 11.5 Å². The summed E-state index contributed by atoms with van der Waals surface area (Å²) in [6, 6.07) is 6.05. The number of methoxy groups -OCH3 is 1. The fourth-order valence-electron chi connectivity index (χ4n) is 2.05. The number of aromatic nitrogens is 1. The zero-order valence-corrected chi connectivity index (χ0v) is 14.3. The van der Waals surface area contributed by atoms with Crippen molar-refractivity contribution in [2.45, 2.75) is 13.3 Å². The van der Waals surface area contributed by atoms with Crippen molar-refractivity contribution in [3.05, 3.63) is 57.9 Å². The van der Waals surface area contributed by atoms with E-state index in [4.69, 9.17) is 9.47 Å². The molecule has 0 aliphatic heterocycles. The molecule has 0 bridgehead atoms. The van der Waals surface area contributed by atoms with Crippen LogP contribution >= 0.6 is 0 Å². The Balaban J connectivity index is 2.22. The van der Waals surface area contributed by atoms with Gasteiger partial charge in [0.1, 0.15) is 0 Å². The van der Waals surface area contributed by atoms with Gasteiger partial charge in [-0.05, 0) is 24.6 Å². The predicted molar refractivity (Wildman–Crippen MR) is 94.7 cm³/mol. The Morgan fingerprint density at radius 2 is 2.27 bits per heavy atom. The Hall–Kier alpha value is -3.49. The van der Waals surface area contributed by atoms with E-state index in [0.29, 0.717) is 24.2 Å². The van der Waals surface area contributed by atoms with Crippen LogP contribution in [0.15, 0.2) is 41.8 Å². The van der Waals surface area contributed by atoms with Crippen LogP contribution in [0.2, 0.25) is 0 Å². The standard InChI is InChI=1S/C17H18N4O5/c1-3-7-26-16-14(21(23)24)8-12(9-15(16)25-2)10-19-20-17(22)13-5-4-6-18-11-13/h4-6,8-11H,3,7H2,1-2H3,(H,20,22)/b19-10-. The first kappa shape index (κ1) is 18.8. The molecule has 9 nitrogen and oxygen atoms in total. The van der Waals surface area contributed by atoms with Crippen LogP contribution in [-0.2, 0) is 0 Å². The molecule has 0 fully saturated rings. The summed E-state index contributed by atoms with van der Waals surface area (Å²) in [5.41, 5.74) is 2.82. The lowest BCUT2D eigenvalue weighted by molar-refractivity contribution is -0.386. The van der Waals surface area contributed by atoms with Gasteiger partial charge in [0, 0.05) is 24.0 Å². The van der Waals surface area contributed by atoms with E-state index >= 15 is 0 Å². The van der Waals surface area contributed by atoms with E-state index in [2.05, 4.69) is 15.5 Å². The molecular formula is C17H18N4O5. The van der Waals surface area contributed by atoms with Gasteiger partial charge in [0.15, 0.2) is 5.75 Å². The fraction of sp³-hybridized carbons (Fsp3) is 0.235. The third-order valence-corrected chi connectivity index (χ3v) is 3.23. The third kappa shape index (κ3) is 4.76. The number of hydrogen-bond donors (Lipinski definition) is 1. The molecule has 0 saturated heterocycles. The summed E-state index contributed by atoms with van der Waals surface area (Å²) in [5, 5.41) is 15.1. The van der Waals surface area contributed by atoms with Gasteiger partial charge in [-0.3, -0.25) is 19.9 Å². The first-order valence-electron chi connectivity index (χ1n) is 7.79. The highest BCUT2D eigenvalue weighted by molar-refractivity contribution is 5.94. The van der Waals surface area contributed by atoms with Gasteiger partial charge in [-0.25, -0.2) is 5.43 Å². The third-order valence-electron chi connectivity index (χ3n) is 3.23.